The van der Waals surface area contributed by atoms with Crippen molar-refractivity contribution in [3.8, 4) is 0 Å². The monoisotopic (exact) mass is 281 g/mol. The molecule has 2 heterocycles. The highest BCUT2D eigenvalue weighted by Crippen LogP contribution is 2.33. The summed E-state index contributed by atoms with van der Waals surface area (Å²) in [5.74, 6) is -1.10. The van der Waals surface area contributed by atoms with Crippen LogP contribution in [0.2, 0.25) is 0 Å². The van der Waals surface area contributed by atoms with Crippen LogP contribution in [0.4, 0.5) is 0 Å². The van der Waals surface area contributed by atoms with Crippen LogP contribution in [0.15, 0.2) is 17.5 Å². The number of rotatable bonds is 4. The van der Waals surface area contributed by atoms with Crippen LogP contribution in [0.5, 0.6) is 0 Å². The van der Waals surface area contributed by atoms with Crippen molar-refractivity contribution in [1.29, 1.82) is 0 Å². The van der Waals surface area contributed by atoms with Crippen LogP contribution in [0.3, 0.4) is 0 Å². The van der Waals surface area contributed by atoms with Crippen molar-refractivity contribution in [3.05, 3.63) is 22.4 Å². The zero-order valence-corrected chi connectivity index (χ0v) is 11.1. The maximum atomic E-state index is 12.3. The Hall–Kier alpha value is -1.40. The Balaban J connectivity index is 1.87. The molecular weight excluding hydrogens is 270 g/mol. The van der Waals surface area contributed by atoms with Gasteiger partial charge in [0.15, 0.2) is 0 Å². The summed E-state index contributed by atoms with van der Waals surface area (Å²) in [6.45, 7) is -0.199. The Labute approximate surface area is 111 Å². The van der Waals surface area contributed by atoms with E-state index in [0.29, 0.717) is 4.88 Å². The van der Waals surface area contributed by atoms with Gasteiger partial charge in [-0.25, -0.2) is 0 Å². The fraction of sp³-hybridized carbons (Fsp3) is 0.333. The zero-order chi connectivity index (χ0) is 12.7. The quantitative estimate of drug-likeness (QED) is 0.937. The number of nitrogens with zero attached hydrogens (tertiary/aromatic N) is 1. The Morgan fingerprint density at radius 1 is 1.39 bits per heavy atom. The molecule has 3 rings (SSSR count). The SMILES string of the molecule is O=C(O)CN(C(=O)c1cc2sccc2s1)C1CC1. The van der Waals surface area contributed by atoms with Gasteiger partial charge in [-0.3, -0.25) is 9.59 Å². The number of aliphatic carboxylic acids is 1. The lowest BCUT2D eigenvalue weighted by atomic mass is 10.3. The average Bonchev–Trinajstić information content (AvgIpc) is 2.92. The smallest absolute Gasteiger partial charge is 0.323 e. The maximum Gasteiger partial charge on any atom is 0.323 e. The largest absolute Gasteiger partial charge is 0.480 e. The Morgan fingerprint density at radius 3 is 2.78 bits per heavy atom. The first-order valence-corrected chi connectivity index (χ1v) is 7.34. The molecular formula is C12H11NO3S2. The first-order chi connectivity index (χ1) is 8.65. The van der Waals surface area contributed by atoms with Crippen molar-refractivity contribution < 1.29 is 14.7 Å². The Kier molecular flexibility index (Phi) is 2.83. The highest BCUT2D eigenvalue weighted by molar-refractivity contribution is 7.27. The molecule has 6 heteroatoms. The second-order valence-electron chi connectivity index (χ2n) is 4.32. The molecule has 1 aliphatic carbocycles. The molecule has 0 atom stereocenters. The van der Waals surface area contributed by atoms with E-state index in [1.807, 2.05) is 17.5 Å². The molecule has 2 aromatic rings. The number of carboxylic acid groups (broad SMARTS) is 1. The van der Waals surface area contributed by atoms with Gasteiger partial charge in [0.1, 0.15) is 6.54 Å². The van der Waals surface area contributed by atoms with Gasteiger partial charge in [-0.15, -0.1) is 22.7 Å². The number of hydrogen-bond donors (Lipinski definition) is 1. The van der Waals surface area contributed by atoms with Crippen LogP contribution < -0.4 is 0 Å². The average molecular weight is 281 g/mol. The van der Waals surface area contributed by atoms with E-state index in [1.165, 1.54) is 16.2 Å². The molecule has 2 aromatic heterocycles. The third kappa shape index (κ3) is 2.13. The summed E-state index contributed by atoms with van der Waals surface area (Å²) in [6, 6.07) is 3.97. The maximum absolute atomic E-state index is 12.3. The van der Waals surface area contributed by atoms with Crippen LogP contribution in [0.25, 0.3) is 9.40 Å². The van der Waals surface area contributed by atoms with Crippen molar-refractivity contribution >= 4 is 43.9 Å². The molecule has 18 heavy (non-hydrogen) atoms. The van der Waals surface area contributed by atoms with Crippen molar-refractivity contribution in [1.82, 2.24) is 4.90 Å². The van der Waals surface area contributed by atoms with E-state index in [9.17, 15) is 9.59 Å². The molecule has 0 bridgehead atoms. The Morgan fingerprint density at radius 2 is 2.17 bits per heavy atom. The molecule has 0 aromatic carbocycles. The summed E-state index contributed by atoms with van der Waals surface area (Å²) < 4.78 is 2.18. The van der Waals surface area contributed by atoms with E-state index >= 15 is 0 Å². The summed E-state index contributed by atoms with van der Waals surface area (Å²) in [5.41, 5.74) is 0. The number of amides is 1. The number of thiophene rings is 2. The van der Waals surface area contributed by atoms with Gasteiger partial charge in [0.05, 0.1) is 4.88 Å². The fourth-order valence-corrected chi connectivity index (χ4v) is 3.98. The predicted molar refractivity (Wildman–Crippen MR) is 71.4 cm³/mol. The van der Waals surface area contributed by atoms with Gasteiger partial charge < -0.3 is 10.0 Å². The van der Waals surface area contributed by atoms with Gasteiger partial charge in [0, 0.05) is 15.4 Å². The molecule has 1 saturated carbocycles. The first-order valence-electron chi connectivity index (χ1n) is 5.65. The molecule has 0 saturated heterocycles. The van der Waals surface area contributed by atoms with Gasteiger partial charge in [0.2, 0.25) is 0 Å². The third-order valence-electron chi connectivity index (χ3n) is 2.90. The second kappa shape index (κ2) is 4.37. The molecule has 0 unspecified atom stereocenters. The molecule has 1 N–H and O–H groups in total. The normalized spacial score (nSPS) is 14.9. The first kappa shape index (κ1) is 11.7. The number of carboxylic acids is 1. The fourth-order valence-electron chi connectivity index (χ4n) is 1.91. The lowest BCUT2D eigenvalue weighted by molar-refractivity contribution is -0.137. The van der Waals surface area contributed by atoms with E-state index in [1.54, 1.807) is 11.3 Å². The molecule has 1 aliphatic rings. The van der Waals surface area contributed by atoms with Crippen molar-refractivity contribution in [3.63, 3.8) is 0 Å². The van der Waals surface area contributed by atoms with E-state index in [0.717, 1.165) is 22.2 Å². The summed E-state index contributed by atoms with van der Waals surface area (Å²) >= 11 is 3.04. The number of carbonyl (C=O) groups excluding carboxylic acids is 1. The molecule has 0 aliphatic heterocycles. The summed E-state index contributed by atoms with van der Waals surface area (Å²) in [4.78, 5) is 25.2. The van der Waals surface area contributed by atoms with Gasteiger partial charge >= 0.3 is 5.97 Å². The lowest BCUT2D eigenvalue weighted by Gasteiger charge is -2.19. The van der Waals surface area contributed by atoms with E-state index < -0.39 is 5.97 Å². The third-order valence-corrected chi connectivity index (χ3v) is 4.99. The summed E-state index contributed by atoms with van der Waals surface area (Å²) in [6.07, 6.45) is 1.83. The van der Waals surface area contributed by atoms with Gasteiger partial charge in [-0.1, -0.05) is 0 Å². The highest BCUT2D eigenvalue weighted by atomic mass is 32.1. The minimum absolute atomic E-state index is 0.119. The van der Waals surface area contributed by atoms with Crippen LogP contribution in [-0.4, -0.2) is 34.5 Å². The van der Waals surface area contributed by atoms with E-state index in [-0.39, 0.29) is 18.5 Å². The van der Waals surface area contributed by atoms with Gasteiger partial charge in [-0.2, -0.15) is 0 Å². The molecule has 0 radical (unpaired) electrons. The predicted octanol–water partition coefficient (Wildman–Crippen LogP) is 2.65. The van der Waals surface area contributed by atoms with Crippen LogP contribution in [-0.2, 0) is 4.79 Å². The Bertz CT molecular complexity index is 583. The highest BCUT2D eigenvalue weighted by Gasteiger charge is 2.34. The molecule has 94 valence electrons. The van der Waals surface area contributed by atoms with Crippen molar-refractivity contribution in [2.75, 3.05) is 6.54 Å². The second-order valence-corrected chi connectivity index (χ2v) is 6.35. The standard InChI is InChI=1S/C12H11NO3S2/c14-11(15)6-13(7-1-2-7)12(16)10-5-9-8(18-10)3-4-17-9/h3-5,7H,1-2,6H2,(H,14,15). The van der Waals surface area contributed by atoms with Crippen molar-refractivity contribution in [2.45, 2.75) is 18.9 Å². The topological polar surface area (TPSA) is 57.6 Å². The van der Waals surface area contributed by atoms with Crippen LogP contribution in [0, 0.1) is 0 Å². The number of hydrogen-bond acceptors (Lipinski definition) is 4. The molecule has 4 nitrogen and oxygen atoms in total. The lowest BCUT2D eigenvalue weighted by Crippen LogP contribution is -2.37. The van der Waals surface area contributed by atoms with Gasteiger partial charge in [0.25, 0.3) is 5.91 Å². The summed E-state index contributed by atoms with van der Waals surface area (Å²) in [7, 11) is 0. The minimum Gasteiger partial charge on any atom is -0.480 e. The molecule has 0 spiro atoms. The molecule has 1 amide bonds. The van der Waals surface area contributed by atoms with Crippen molar-refractivity contribution in [2.24, 2.45) is 0 Å². The number of carbonyl (C=O) groups is 2. The zero-order valence-electron chi connectivity index (χ0n) is 9.46. The minimum atomic E-state index is -0.950. The van der Waals surface area contributed by atoms with Crippen LogP contribution >= 0.6 is 22.7 Å². The van der Waals surface area contributed by atoms with E-state index in [2.05, 4.69) is 0 Å². The molecule has 1 fully saturated rings. The van der Waals surface area contributed by atoms with Crippen LogP contribution in [0.1, 0.15) is 22.5 Å². The van der Waals surface area contributed by atoms with Gasteiger partial charge in [-0.05, 0) is 30.4 Å². The summed E-state index contributed by atoms with van der Waals surface area (Å²) in [5, 5.41) is 10.9. The number of fused-ring (bicyclic) bond motifs is 1. The van der Waals surface area contributed by atoms with E-state index in [4.69, 9.17) is 5.11 Å².